The molecule has 2 N–H and O–H groups in total. The third-order valence-corrected chi connectivity index (χ3v) is 3.35. The molecule has 7 heteroatoms. The van der Waals surface area contributed by atoms with E-state index in [2.05, 4.69) is 21.2 Å². The molecule has 2 aromatic rings. The number of carbonyl (C=O) groups excluding carboxylic acids is 2. The van der Waals surface area contributed by atoms with Gasteiger partial charge in [-0.2, -0.15) is 0 Å². The third kappa shape index (κ3) is 4.47. The van der Waals surface area contributed by atoms with Crippen LogP contribution in [0.2, 0.25) is 5.02 Å². The molecule has 0 aliphatic heterocycles. The smallest absolute Gasteiger partial charge is 0.342 e. The molecule has 2 rings (SSSR count). The molecule has 2 aromatic carbocycles. The maximum atomic E-state index is 11.8. The van der Waals surface area contributed by atoms with Crippen LogP contribution in [0.5, 0.6) is 5.75 Å². The summed E-state index contributed by atoms with van der Waals surface area (Å²) in [5.41, 5.74) is 0.476. The van der Waals surface area contributed by atoms with Crippen LogP contribution in [0.1, 0.15) is 10.4 Å². The van der Waals surface area contributed by atoms with Gasteiger partial charge < -0.3 is 15.2 Å². The van der Waals surface area contributed by atoms with Crippen molar-refractivity contribution < 1.29 is 19.4 Å². The lowest BCUT2D eigenvalue weighted by Crippen LogP contribution is -2.21. The van der Waals surface area contributed by atoms with Crippen molar-refractivity contribution in [2.45, 2.75) is 0 Å². The molecular weight excluding hydrogens is 374 g/mol. The van der Waals surface area contributed by atoms with Crippen LogP contribution >= 0.6 is 27.5 Å². The summed E-state index contributed by atoms with van der Waals surface area (Å²) >= 11 is 9.03. The number of carbonyl (C=O) groups is 2. The van der Waals surface area contributed by atoms with Crippen molar-refractivity contribution in [1.82, 2.24) is 0 Å². The van der Waals surface area contributed by atoms with Crippen LogP contribution in [0.3, 0.4) is 0 Å². The monoisotopic (exact) mass is 383 g/mol. The highest BCUT2D eigenvalue weighted by atomic mass is 79.9. The maximum Gasteiger partial charge on any atom is 0.342 e. The maximum absolute atomic E-state index is 11.8. The molecular formula is C15H11BrClNO4. The van der Waals surface area contributed by atoms with Crippen LogP contribution in [0.4, 0.5) is 5.69 Å². The van der Waals surface area contributed by atoms with E-state index >= 15 is 0 Å². The Hall–Kier alpha value is -2.05. The number of aromatic hydroxyl groups is 1. The highest BCUT2D eigenvalue weighted by Crippen LogP contribution is 2.22. The molecule has 0 radical (unpaired) electrons. The number of nitrogens with one attached hydrogen (secondary N) is 1. The Morgan fingerprint density at radius 3 is 2.73 bits per heavy atom. The summed E-state index contributed by atoms with van der Waals surface area (Å²) in [5, 5.41) is 12.4. The van der Waals surface area contributed by atoms with E-state index in [4.69, 9.17) is 16.3 Å². The fraction of sp³-hybridized carbons (Fsp3) is 0.0667. The van der Waals surface area contributed by atoms with Gasteiger partial charge >= 0.3 is 5.97 Å². The summed E-state index contributed by atoms with van der Waals surface area (Å²) < 4.78 is 5.66. The van der Waals surface area contributed by atoms with Crippen molar-refractivity contribution in [3.05, 3.63) is 57.5 Å². The second-order valence-corrected chi connectivity index (χ2v) is 5.65. The first kappa shape index (κ1) is 16.3. The first-order chi connectivity index (χ1) is 10.5. The summed E-state index contributed by atoms with van der Waals surface area (Å²) in [6.07, 6.45) is 0. The zero-order valence-corrected chi connectivity index (χ0v) is 13.5. The van der Waals surface area contributed by atoms with E-state index in [1.165, 1.54) is 18.2 Å². The van der Waals surface area contributed by atoms with Gasteiger partial charge in [-0.3, -0.25) is 4.79 Å². The number of halogens is 2. The minimum absolute atomic E-state index is 0.0947. The second kappa shape index (κ2) is 7.29. The van der Waals surface area contributed by atoms with Gasteiger partial charge in [0.15, 0.2) is 6.61 Å². The van der Waals surface area contributed by atoms with Gasteiger partial charge in [-0.05, 0) is 36.4 Å². The van der Waals surface area contributed by atoms with Gasteiger partial charge in [0, 0.05) is 15.2 Å². The zero-order chi connectivity index (χ0) is 16.1. The number of rotatable bonds is 4. The van der Waals surface area contributed by atoms with Crippen LogP contribution in [0, 0.1) is 0 Å². The number of esters is 1. The highest BCUT2D eigenvalue weighted by Gasteiger charge is 2.15. The van der Waals surface area contributed by atoms with Gasteiger partial charge in [-0.15, -0.1) is 0 Å². The number of benzene rings is 2. The summed E-state index contributed by atoms with van der Waals surface area (Å²) in [6.45, 7) is -0.475. The molecule has 0 saturated heterocycles. The van der Waals surface area contributed by atoms with E-state index in [0.29, 0.717) is 5.69 Å². The van der Waals surface area contributed by atoms with E-state index < -0.39 is 18.5 Å². The topological polar surface area (TPSA) is 75.6 Å². The SMILES string of the molecule is O=C(COC(=O)c1cc(Cl)ccc1O)Nc1cccc(Br)c1. The molecule has 0 atom stereocenters. The summed E-state index contributed by atoms with van der Waals surface area (Å²) in [6, 6.07) is 11.0. The van der Waals surface area contributed by atoms with Crippen molar-refractivity contribution in [3.8, 4) is 5.75 Å². The average Bonchev–Trinajstić information content (AvgIpc) is 2.47. The van der Waals surface area contributed by atoms with Crippen molar-refractivity contribution in [2.24, 2.45) is 0 Å². The van der Waals surface area contributed by atoms with Gasteiger partial charge in [0.25, 0.3) is 5.91 Å². The van der Waals surface area contributed by atoms with Crippen LogP contribution in [0.15, 0.2) is 46.9 Å². The Kier molecular flexibility index (Phi) is 5.41. The first-order valence-electron chi connectivity index (χ1n) is 6.17. The average molecular weight is 385 g/mol. The molecule has 0 heterocycles. The summed E-state index contributed by atoms with van der Waals surface area (Å²) in [7, 11) is 0. The number of hydrogen-bond acceptors (Lipinski definition) is 4. The Morgan fingerprint density at radius 2 is 2.00 bits per heavy atom. The summed E-state index contributed by atoms with van der Waals surface area (Å²) in [4.78, 5) is 23.5. The molecule has 0 aliphatic rings. The Balaban J connectivity index is 1.93. The van der Waals surface area contributed by atoms with Gasteiger partial charge in [0.1, 0.15) is 11.3 Å². The fourth-order valence-electron chi connectivity index (χ4n) is 1.64. The number of phenolic OH excluding ortho intramolecular Hbond substituents is 1. The molecule has 0 aromatic heterocycles. The molecule has 1 amide bonds. The van der Waals surface area contributed by atoms with E-state index in [1.807, 2.05) is 6.07 Å². The molecule has 0 unspecified atom stereocenters. The number of ether oxygens (including phenoxy) is 1. The Labute approximate surface area is 140 Å². The Bertz CT molecular complexity index is 720. The van der Waals surface area contributed by atoms with Gasteiger partial charge in [-0.25, -0.2) is 4.79 Å². The second-order valence-electron chi connectivity index (χ2n) is 4.30. The lowest BCUT2D eigenvalue weighted by molar-refractivity contribution is -0.119. The van der Waals surface area contributed by atoms with Crippen molar-refractivity contribution in [2.75, 3.05) is 11.9 Å². The van der Waals surface area contributed by atoms with Gasteiger partial charge in [-0.1, -0.05) is 33.6 Å². The van der Waals surface area contributed by atoms with Gasteiger partial charge in [0.2, 0.25) is 0 Å². The number of amides is 1. The zero-order valence-electron chi connectivity index (χ0n) is 11.2. The fourth-order valence-corrected chi connectivity index (χ4v) is 2.22. The third-order valence-electron chi connectivity index (χ3n) is 2.62. The molecule has 0 fully saturated rings. The molecule has 0 spiro atoms. The van der Waals surface area contributed by atoms with Crippen molar-refractivity contribution in [3.63, 3.8) is 0 Å². The first-order valence-corrected chi connectivity index (χ1v) is 7.34. The number of phenols is 1. The Morgan fingerprint density at radius 1 is 1.23 bits per heavy atom. The molecule has 0 bridgehead atoms. The van der Waals surface area contributed by atoms with Crippen LogP contribution in [-0.2, 0) is 9.53 Å². The van der Waals surface area contributed by atoms with E-state index in [0.717, 1.165) is 4.47 Å². The van der Waals surface area contributed by atoms with Crippen molar-refractivity contribution in [1.29, 1.82) is 0 Å². The molecule has 114 valence electrons. The summed E-state index contributed by atoms with van der Waals surface area (Å²) in [5.74, 6) is -1.58. The van der Waals surface area contributed by atoms with Crippen LogP contribution in [-0.4, -0.2) is 23.6 Å². The normalized spacial score (nSPS) is 10.1. The molecule has 0 aliphatic carbocycles. The predicted molar refractivity (Wildman–Crippen MR) is 86.2 cm³/mol. The highest BCUT2D eigenvalue weighted by molar-refractivity contribution is 9.10. The predicted octanol–water partition coefficient (Wildman–Crippen LogP) is 3.60. The van der Waals surface area contributed by atoms with E-state index in [-0.39, 0.29) is 16.3 Å². The minimum Gasteiger partial charge on any atom is -0.507 e. The molecule has 5 nitrogen and oxygen atoms in total. The number of anilines is 1. The lowest BCUT2D eigenvalue weighted by Gasteiger charge is -2.08. The minimum atomic E-state index is -0.829. The standard InChI is InChI=1S/C15H11BrClNO4/c16-9-2-1-3-11(6-9)18-14(20)8-22-15(21)12-7-10(17)4-5-13(12)19/h1-7,19H,8H2,(H,18,20). The van der Waals surface area contributed by atoms with Crippen LogP contribution < -0.4 is 5.32 Å². The molecule has 0 saturated carbocycles. The van der Waals surface area contributed by atoms with Gasteiger partial charge in [0.05, 0.1) is 0 Å². The quantitative estimate of drug-likeness (QED) is 0.790. The van der Waals surface area contributed by atoms with E-state index in [1.54, 1.807) is 18.2 Å². The number of hydrogen-bond donors (Lipinski definition) is 2. The van der Waals surface area contributed by atoms with Crippen molar-refractivity contribution >= 4 is 45.1 Å². The van der Waals surface area contributed by atoms with E-state index in [9.17, 15) is 14.7 Å². The molecule has 22 heavy (non-hydrogen) atoms. The van der Waals surface area contributed by atoms with Crippen LogP contribution in [0.25, 0.3) is 0 Å². The lowest BCUT2D eigenvalue weighted by atomic mass is 10.2. The largest absolute Gasteiger partial charge is 0.507 e.